The van der Waals surface area contributed by atoms with E-state index in [1.807, 2.05) is 38.1 Å². The first-order valence-electron chi connectivity index (χ1n) is 8.69. The molecule has 3 rings (SSSR count). The van der Waals surface area contributed by atoms with Gasteiger partial charge >= 0.3 is 0 Å². The van der Waals surface area contributed by atoms with Gasteiger partial charge in [0.2, 0.25) is 0 Å². The minimum atomic E-state index is -0.293. The van der Waals surface area contributed by atoms with Crippen molar-refractivity contribution in [1.82, 2.24) is 0 Å². The maximum Gasteiger partial charge on any atom is 0.185 e. The van der Waals surface area contributed by atoms with Crippen LogP contribution >= 0.6 is 0 Å². The molecule has 3 heteroatoms. The molecule has 0 radical (unpaired) electrons. The molecule has 2 aromatic rings. The molecule has 0 aromatic heterocycles. The van der Waals surface area contributed by atoms with Gasteiger partial charge in [0.1, 0.15) is 17.1 Å². The van der Waals surface area contributed by atoms with Crippen molar-refractivity contribution in [2.45, 2.75) is 39.2 Å². The zero-order chi connectivity index (χ0) is 18.0. The van der Waals surface area contributed by atoms with Crippen molar-refractivity contribution < 1.29 is 14.3 Å². The van der Waals surface area contributed by atoms with E-state index in [0.29, 0.717) is 11.3 Å². The molecule has 1 aliphatic rings. The van der Waals surface area contributed by atoms with Crippen LogP contribution in [0.3, 0.4) is 0 Å². The van der Waals surface area contributed by atoms with Crippen LogP contribution in [0.15, 0.2) is 49.1 Å². The minimum absolute atomic E-state index is 0.106. The molecule has 25 heavy (non-hydrogen) atoms. The van der Waals surface area contributed by atoms with Gasteiger partial charge in [0.25, 0.3) is 0 Å². The van der Waals surface area contributed by atoms with Crippen molar-refractivity contribution in [3.8, 4) is 22.6 Å². The molecule has 0 atom stereocenters. The van der Waals surface area contributed by atoms with Gasteiger partial charge in [-0.1, -0.05) is 19.6 Å². The van der Waals surface area contributed by atoms with E-state index in [1.54, 1.807) is 6.07 Å². The molecular formula is C22H24O3. The number of ketones is 1. The summed E-state index contributed by atoms with van der Waals surface area (Å²) in [7, 11) is 0. The molecule has 0 saturated heterocycles. The molecule has 0 aliphatic carbocycles. The van der Waals surface area contributed by atoms with Gasteiger partial charge in [-0.2, -0.15) is 0 Å². The normalized spacial score (nSPS) is 13.1. The quantitative estimate of drug-likeness (QED) is 0.535. The fourth-order valence-corrected chi connectivity index (χ4v) is 2.84. The Kier molecular flexibility index (Phi) is 4.67. The standard InChI is InChI=1S/C22H24O3/c1-5-20(23)18-12-17(13-19(14-18)25-22(3,4)6-2)15-7-8-21-16(11-15)9-10-24-21/h5,7-8,11-14H,1,6,9-10H2,2-4H3. The van der Waals surface area contributed by atoms with Gasteiger partial charge in [-0.15, -0.1) is 0 Å². The van der Waals surface area contributed by atoms with Crippen LogP contribution in [-0.2, 0) is 6.42 Å². The second-order valence-corrected chi connectivity index (χ2v) is 6.95. The van der Waals surface area contributed by atoms with Crippen LogP contribution in [0.25, 0.3) is 11.1 Å². The maximum absolute atomic E-state index is 12.2. The Bertz CT molecular complexity index is 818. The van der Waals surface area contributed by atoms with Gasteiger partial charge in [-0.3, -0.25) is 4.79 Å². The second-order valence-electron chi connectivity index (χ2n) is 6.95. The summed E-state index contributed by atoms with van der Waals surface area (Å²) in [6, 6.07) is 11.8. The van der Waals surface area contributed by atoms with Crippen LogP contribution in [0.4, 0.5) is 0 Å². The van der Waals surface area contributed by atoms with Crippen LogP contribution in [0.5, 0.6) is 11.5 Å². The van der Waals surface area contributed by atoms with E-state index in [-0.39, 0.29) is 11.4 Å². The zero-order valence-electron chi connectivity index (χ0n) is 15.1. The number of allylic oxidation sites excluding steroid dienone is 1. The van der Waals surface area contributed by atoms with Crippen molar-refractivity contribution in [3.05, 3.63) is 60.2 Å². The summed E-state index contributed by atoms with van der Waals surface area (Å²) in [5, 5.41) is 0. The molecule has 0 amide bonds. The number of rotatable bonds is 6. The van der Waals surface area contributed by atoms with Gasteiger partial charge in [0.05, 0.1) is 6.61 Å². The highest BCUT2D eigenvalue weighted by molar-refractivity contribution is 6.05. The zero-order valence-corrected chi connectivity index (χ0v) is 15.1. The van der Waals surface area contributed by atoms with E-state index in [4.69, 9.17) is 9.47 Å². The van der Waals surface area contributed by atoms with Crippen molar-refractivity contribution in [1.29, 1.82) is 0 Å². The molecule has 0 N–H and O–H groups in total. The lowest BCUT2D eigenvalue weighted by molar-refractivity contribution is 0.102. The SMILES string of the molecule is C=CC(=O)c1cc(OC(C)(C)CC)cc(-c2ccc3c(c2)CCO3)c1. The molecule has 3 nitrogen and oxygen atoms in total. The van der Waals surface area contributed by atoms with Crippen LogP contribution in [0, 0.1) is 0 Å². The Labute approximate surface area is 149 Å². The third-order valence-corrected chi connectivity index (χ3v) is 4.64. The van der Waals surface area contributed by atoms with E-state index in [2.05, 4.69) is 19.6 Å². The van der Waals surface area contributed by atoms with E-state index in [1.165, 1.54) is 11.6 Å². The van der Waals surface area contributed by atoms with Gasteiger partial charge in [0.15, 0.2) is 5.78 Å². The largest absolute Gasteiger partial charge is 0.493 e. The highest BCUT2D eigenvalue weighted by Gasteiger charge is 2.19. The molecular weight excluding hydrogens is 312 g/mol. The average molecular weight is 336 g/mol. The maximum atomic E-state index is 12.2. The van der Waals surface area contributed by atoms with Crippen LogP contribution in [0.1, 0.15) is 43.1 Å². The highest BCUT2D eigenvalue weighted by atomic mass is 16.5. The lowest BCUT2D eigenvalue weighted by Gasteiger charge is -2.25. The summed E-state index contributed by atoms with van der Waals surface area (Å²) in [6.45, 7) is 10.5. The molecule has 0 saturated carbocycles. The smallest absolute Gasteiger partial charge is 0.185 e. The number of carbonyl (C=O) groups excluding carboxylic acids is 1. The molecule has 1 heterocycles. The molecule has 0 bridgehead atoms. The van der Waals surface area contributed by atoms with Crippen molar-refractivity contribution in [3.63, 3.8) is 0 Å². The van der Waals surface area contributed by atoms with Crippen LogP contribution in [-0.4, -0.2) is 18.0 Å². The molecule has 0 fully saturated rings. The first-order chi connectivity index (χ1) is 11.9. The Morgan fingerprint density at radius 3 is 2.76 bits per heavy atom. The predicted molar refractivity (Wildman–Crippen MR) is 101 cm³/mol. The Morgan fingerprint density at radius 2 is 2.04 bits per heavy atom. The fraction of sp³-hybridized carbons (Fsp3) is 0.318. The Hall–Kier alpha value is -2.55. The van der Waals surface area contributed by atoms with E-state index >= 15 is 0 Å². The topological polar surface area (TPSA) is 35.5 Å². The number of hydrogen-bond acceptors (Lipinski definition) is 3. The number of benzene rings is 2. The highest BCUT2D eigenvalue weighted by Crippen LogP contribution is 2.33. The summed E-state index contributed by atoms with van der Waals surface area (Å²) in [6.07, 6.45) is 3.13. The molecule has 1 aliphatic heterocycles. The lowest BCUT2D eigenvalue weighted by Crippen LogP contribution is -2.26. The van der Waals surface area contributed by atoms with Crippen LogP contribution < -0.4 is 9.47 Å². The summed E-state index contributed by atoms with van der Waals surface area (Å²) in [5.74, 6) is 1.54. The average Bonchev–Trinajstić information content (AvgIpc) is 3.08. The number of carbonyl (C=O) groups is 1. The van der Waals surface area contributed by atoms with Gasteiger partial charge in [-0.05, 0) is 73.4 Å². The number of ether oxygens (including phenoxy) is 2. The van der Waals surface area contributed by atoms with Crippen molar-refractivity contribution in [2.24, 2.45) is 0 Å². The Balaban J connectivity index is 2.05. The summed E-state index contributed by atoms with van der Waals surface area (Å²) < 4.78 is 11.7. The monoisotopic (exact) mass is 336 g/mol. The van der Waals surface area contributed by atoms with Crippen LogP contribution in [0.2, 0.25) is 0 Å². The molecule has 0 unspecified atom stereocenters. The van der Waals surface area contributed by atoms with E-state index in [9.17, 15) is 4.79 Å². The third kappa shape index (κ3) is 3.76. The molecule has 130 valence electrons. The van der Waals surface area contributed by atoms with Crippen molar-refractivity contribution in [2.75, 3.05) is 6.61 Å². The van der Waals surface area contributed by atoms with Gasteiger partial charge < -0.3 is 9.47 Å². The first-order valence-corrected chi connectivity index (χ1v) is 8.69. The molecule has 2 aromatic carbocycles. The van der Waals surface area contributed by atoms with Gasteiger partial charge in [-0.25, -0.2) is 0 Å². The van der Waals surface area contributed by atoms with Gasteiger partial charge in [0, 0.05) is 12.0 Å². The lowest BCUT2D eigenvalue weighted by atomic mass is 9.98. The van der Waals surface area contributed by atoms with Crippen molar-refractivity contribution >= 4 is 5.78 Å². The second kappa shape index (κ2) is 6.75. The number of fused-ring (bicyclic) bond motifs is 1. The number of hydrogen-bond donors (Lipinski definition) is 0. The third-order valence-electron chi connectivity index (χ3n) is 4.64. The summed E-state index contributed by atoms with van der Waals surface area (Å²) >= 11 is 0. The first kappa shape index (κ1) is 17.3. The predicted octanol–water partition coefficient (Wildman–Crippen LogP) is 5.22. The van der Waals surface area contributed by atoms with E-state index < -0.39 is 0 Å². The fourth-order valence-electron chi connectivity index (χ4n) is 2.84. The summed E-state index contributed by atoms with van der Waals surface area (Å²) in [5.41, 5.74) is 3.52. The Morgan fingerprint density at radius 1 is 1.24 bits per heavy atom. The molecule has 0 spiro atoms. The summed E-state index contributed by atoms with van der Waals surface area (Å²) in [4.78, 5) is 12.2. The van der Waals surface area contributed by atoms with E-state index in [0.717, 1.165) is 36.3 Å². The minimum Gasteiger partial charge on any atom is -0.493 e.